The molecule has 0 spiro atoms. The number of nitrogens with zero attached hydrogens (tertiary/aromatic N) is 1. The first kappa shape index (κ1) is 8.20. The molecular formula is C11H11NO. The van der Waals surface area contributed by atoms with E-state index in [9.17, 15) is 5.11 Å². The third kappa shape index (κ3) is 1.53. The normalized spacial score (nSPS) is 13.1. The van der Waals surface area contributed by atoms with Gasteiger partial charge in [0.1, 0.15) is 0 Å². The molecule has 0 saturated carbocycles. The highest BCUT2D eigenvalue weighted by Crippen LogP contribution is 2.16. The van der Waals surface area contributed by atoms with E-state index in [1.165, 1.54) is 0 Å². The SMILES string of the molecule is C[C@@H](O)c1cc2ccccc2cn1. The summed E-state index contributed by atoms with van der Waals surface area (Å²) in [5, 5.41) is 11.5. The van der Waals surface area contributed by atoms with Crippen LogP contribution in [0, 0.1) is 0 Å². The van der Waals surface area contributed by atoms with Gasteiger partial charge in [0.25, 0.3) is 0 Å². The molecule has 0 fully saturated rings. The summed E-state index contributed by atoms with van der Waals surface area (Å²) < 4.78 is 0. The smallest absolute Gasteiger partial charge is 0.0931 e. The van der Waals surface area contributed by atoms with Crippen LogP contribution in [0.3, 0.4) is 0 Å². The topological polar surface area (TPSA) is 33.1 Å². The molecule has 0 unspecified atom stereocenters. The maximum Gasteiger partial charge on any atom is 0.0931 e. The summed E-state index contributed by atoms with van der Waals surface area (Å²) in [7, 11) is 0. The average molecular weight is 173 g/mol. The van der Waals surface area contributed by atoms with Crippen molar-refractivity contribution < 1.29 is 5.11 Å². The van der Waals surface area contributed by atoms with Crippen LogP contribution in [0.1, 0.15) is 18.7 Å². The lowest BCUT2D eigenvalue weighted by atomic mass is 10.1. The number of rotatable bonds is 1. The van der Waals surface area contributed by atoms with Crippen LogP contribution >= 0.6 is 0 Å². The standard InChI is InChI=1S/C11H11NO/c1-8(13)11-6-9-4-2-3-5-10(9)7-12-11/h2-8,13H,1H3/t8-/m1/s1. The molecule has 2 heteroatoms. The fourth-order valence-electron chi connectivity index (χ4n) is 1.33. The third-order valence-corrected chi connectivity index (χ3v) is 2.08. The van der Waals surface area contributed by atoms with E-state index < -0.39 is 6.10 Å². The third-order valence-electron chi connectivity index (χ3n) is 2.08. The molecular weight excluding hydrogens is 162 g/mol. The van der Waals surface area contributed by atoms with Gasteiger partial charge in [0.2, 0.25) is 0 Å². The fourth-order valence-corrected chi connectivity index (χ4v) is 1.33. The van der Waals surface area contributed by atoms with Crippen molar-refractivity contribution in [2.75, 3.05) is 0 Å². The lowest BCUT2D eigenvalue weighted by Gasteiger charge is -2.04. The van der Waals surface area contributed by atoms with Crippen molar-refractivity contribution in [2.24, 2.45) is 0 Å². The Hall–Kier alpha value is -1.41. The molecule has 0 aliphatic rings. The van der Waals surface area contributed by atoms with Crippen molar-refractivity contribution >= 4 is 10.8 Å². The molecule has 0 saturated heterocycles. The largest absolute Gasteiger partial charge is 0.387 e. The Morgan fingerprint density at radius 3 is 2.62 bits per heavy atom. The van der Waals surface area contributed by atoms with Crippen LogP contribution in [0.25, 0.3) is 10.8 Å². The summed E-state index contributed by atoms with van der Waals surface area (Å²) in [6, 6.07) is 9.90. The zero-order valence-corrected chi connectivity index (χ0v) is 7.44. The molecule has 0 aliphatic carbocycles. The van der Waals surface area contributed by atoms with Gasteiger partial charge in [-0.05, 0) is 18.4 Å². The minimum absolute atomic E-state index is 0.496. The first-order chi connectivity index (χ1) is 6.27. The van der Waals surface area contributed by atoms with Crippen molar-refractivity contribution in [2.45, 2.75) is 13.0 Å². The van der Waals surface area contributed by atoms with Crippen LogP contribution in [-0.4, -0.2) is 10.1 Å². The molecule has 1 heterocycles. The highest BCUT2D eigenvalue weighted by Gasteiger charge is 2.02. The molecule has 2 aromatic rings. The quantitative estimate of drug-likeness (QED) is 0.717. The highest BCUT2D eigenvalue weighted by atomic mass is 16.3. The molecule has 1 atom stereocenters. The minimum Gasteiger partial charge on any atom is -0.387 e. The van der Waals surface area contributed by atoms with E-state index in [1.807, 2.05) is 30.3 Å². The van der Waals surface area contributed by atoms with Gasteiger partial charge in [0.15, 0.2) is 0 Å². The Balaban J connectivity index is 2.62. The fraction of sp³-hybridized carbons (Fsp3) is 0.182. The Morgan fingerprint density at radius 1 is 1.23 bits per heavy atom. The Labute approximate surface area is 76.9 Å². The molecule has 13 heavy (non-hydrogen) atoms. The number of fused-ring (bicyclic) bond motifs is 1. The second kappa shape index (κ2) is 3.15. The van der Waals surface area contributed by atoms with Crippen molar-refractivity contribution in [1.29, 1.82) is 0 Å². The Morgan fingerprint density at radius 2 is 1.92 bits per heavy atom. The van der Waals surface area contributed by atoms with Crippen LogP contribution in [0.4, 0.5) is 0 Å². The maximum atomic E-state index is 9.32. The molecule has 2 rings (SSSR count). The molecule has 0 amide bonds. The van der Waals surface area contributed by atoms with Crippen LogP contribution in [0.5, 0.6) is 0 Å². The van der Waals surface area contributed by atoms with Crippen LogP contribution in [0.2, 0.25) is 0 Å². The van der Waals surface area contributed by atoms with Crippen molar-refractivity contribution in [1.82, 2.24) is 4.98 Å². The number of benzene rings is 1. The van der Waals surface area contributed by atoms with Gasteiger partial charge in [-0.3, -0.25) is 4.98 Å². The molecule has 1 aromatic carbocycles. The summed E-state index contributed by atoms with van der Waals surface area (Å²) in [6.07, 6.45) is 1.29. The van der Waals surface area contributed by atoms with Gasteiger partial charge in [-0.25, -0.2) is 0 Å². The first-order valence-corrected chi connectivity index (χ1v) is 4.30. The number of pyridine rings is 1. The maximum absolute atomic E-state index is 9.32. The van der Waals surface area contributed by atoms with Gasteiger partial charge in [-0.2, -0.15) is 0 Å². The Kier molecular flexibility index (Phi) is 1.99. The number of aliphatic hydroxyl groups excluding tert-OH is 1. The van der Waals surface area contributed by atoms with Crippen molar-refractivity contribution in [3.05, 3.63) is 42.2 Å². The molecule has 0 aliphatic heterocycles. The lowest BCUT2D eigenvalue weighted by Crippen LogP contribution is -1.94. The van der Waals surface area contributed by atoms with Gasteiger partial charge < -0.3 is 5.11 Å². The number of hydrogen-bond donors (Lipinski definition) is 1. The average Bonchev–Trinajstić information content (AvgIpc) is 2.17. The number of aromatic nitrogens is 1. The summed E-state index contributed by atoms with van der Waals surface area (Å²) in [5.74, 6) is 0. The predicted molar refractivity (Wildman–Crippen MR) is 52.4 cm³/mol. The van der Waals surface area contributed by atoms with Gasteiger partial charge in [0, 0.05) is 11.6 Å². The van der Waals surface area contributed by atoms with Crippen molar-refractivity contribution in [3.8, 4) is 0 Å². The van der Waals surface area contributed by atoms with Gasteiger partial charge >= 0.3 is 0 Å². The molecule has 66 valence electrons. The van der Waals surface area contributed by atoms with E-state index in [0.717, 1.165) is 16.5 Å². The minimum atomic E-state index is -0.496. The van der Waals surface area contributed by atoms with Gasteiger partial charge in [0.05, 0.1) is 11.8 Å². The Bertz CT molecular complexity index is 423. The second-order valence-corrected chi connectivity index (χ2v) is 3.13. The summed E-state index contributed by atoms with van der Waals surface area (Å²) >= 11 is 0. The number of aliphatic hydroxyl groups is 1. The summed E-state index contributed by atoms with van der Waals surface area (Å²) in [4.78, 5) is 4.16. The monoisotopic (exact) mass is 173 g/mol. The van der Waals surface area contributed by atoms with E-state index in [1.54, 1.807) is 13.1 Å². The van der Waals surface area contributed by atoms with Gasteiger partial charge in [-0.1, -0.05) is 24.3 Å². The highest BCUT2D eigenvalue weighted by molar-refractivity contribution is 5.81. The van der Waals surface area contributed by atoms with E-state index in [0.29, 0.717) is 0 Å². The molecule has 1 N–H and O–H groups in total. The second-order valence-electron chi connectivity index (χ2n) is 3.13. The van der Waals surface area contributed by atoms with Crippen LogP contribution in [0.15, 0.2) is 36.5 Å². The van der Waals surface area contributed by atoms with Gasteiger partial charge in [-0.15, -0.1) is 0 Å². The number of hydrogen-bond acceptors (Lipinski definition) is 2. The van der Waals surface area contributed by atoms with Crippen molar-refractivity contribution in [3.63, 3.8) is 0 Å². The molecule has 2 nitrogen and oxygen atoms in total. The first-order valence-electron chi connectivity index (χ1n) is 4.30. The summed E-state index contributed by atoms with van der Waals surface area (Å²) in [5.41, 5.74) is 0.721. The van der Waals surface area contributed by atoms with Crippen LogP contribution < -0.4 is 0 Å². The molecule has 1 aromatic heterocycles. The van der Waals surface area contributed by atoms with E-state index >= 15 is 0 Å². The predicted octanol–water partition coefficient (Wildman–Crippen LogP) is 2.29. The van der Waals surface area contributed by atoms with E-state index in [2.05, 4.69) is 4.98 Å². The molecule has 0 bridgehead atoms. The van der Waals surface area contributed by atoms with E-state index in [-0.39, 0.29) is 0 Å². The zero-order valence-electron chi connectivity index (χ0n) is 7.44. The summed E-state index contributed by atoms with van der Waals surface area (Å²) in [6.45, 7) is 1.72. The lowest BCUT2D eigenvalue weighted by molar-refractivity contribution is 0.194. The molecule has 0 radical (unpaired) electrons. The van der Waals surface area contributed by atoms with E-state index in [4.69, 9.17) is 0 Å². The zero-order chi connectivity index (χ0) is 9.26. The van der Waals surface area contributed by atoms with Crippen LogP contribution in [-0.2, 0) is 0 Å².